The van der Waals surface area contributed by atoms with Gasteiger partial charge < -0.3 is 25.6 Å². The van der Waals surface area contributed by atoms with Crippen molar-refractivity contribution in [2.75, 3.05) is 0 Å². The number of hydrogen-bond acceptors (Lipinski definition) is 6. The summed E-state index contributed by atoms with van der Waals surface area (Å²) in [7, 11) is 0. The quantitative estimate of drug-likeness (QED) is 0.337. The van der Waals surface area contributed by atoms with Gasteiger partial charge in [0, 0.05) is 35.1 Å². The Morgan fingerprint density at radius 3 is 1.48 bits per heavy atom. The summed E-state index contributed by atoms with van der Waals surface area (Å²) in [6.45, 7) is 3.49. The second-order valence-electron chi connectivity index (χ2n) is 5.45. The van der Waals surface area contributed by atoms with Gasteiger partial charge in [0.15, 0.2) is 0 Å². The topological polar surface area (TPSA) is 114 Å². The van der Waals surface area contributed by atoms with Crippen molar-refractivity contribution in [3.05, 3.63) is 47.5 Å². The van der Waals surface area contributed by atoms with E-state index in [9.17, 15) is 25.6 Å². The van der Waals surface area contributed by atoms with E-state index in [-0.39, 0.29) is 23.0 Å². The molecule has 0 radical (unpaired) electrons. The Kier molecular flexibility index (Phi) is 4.64. The molecule has 6 heteroatoms. The summed E-state index contributed by atoms with van der Waals surface area (Å²) in [4.78, 5) is 0. The Morgan fingerprint density at radius 2 is 1.17 bits per heavy atom. The standard InChI is InChI=1S/C17H19NO5/c1-9(13-5-3-11(19)7-15(13)21)17(18-23)10(2)14-6-4-12(20)8-16(14)22/h3-10,19-23H,1-2H3. The van der Waals surface area contributed by atoms with Gasteiger partial charge in [0.1, 0.15) is 23.0 Å². The van der Waals surface area contributed by atoms with Crippen LogP contribution < -0.4 is 0 Å². The minimum absolute atomic E-state index is 0.0647. The molecular weight excluding hydrogens is 298 g/mol. The third kappa shape index (κ3) is 3.31. The van der Waals surface area contributed by atoms with Crippen LogP contribution in [0.15, 0.2) is 41.6 Å². The van der Waals surface area contributed by atoms with Crippen LogP contribution in [0, 0.1) is 0 Å². The summed E-state index contributed by atoms with van der Waals surface area (Å²) in [5.41, 5.74) is 1.30. The van der Waals surface area contributed by atoms with Crippen molar-refractivity contribution < 1.29 is 25.6 Å². The maximum absolute atomic E-state index is 9.97. The van der Waals surface area contributed by atoms with Crippen LogP contribution in [0.4, 0.5) is 0 Å². The Morgan fingerprint density at radius 1 is 0.783 bits per heavy atom. The Balaban J connectivity index is 2.38. The molecule has 5 N–H and O–H groups in total. The zero-order valence-corrected chi connectivity index (χ0v) is 12.8. The second-order valence-corrected chi connectivity index (χ2v) is 5.45. The summed E-state index contributed by atoms with van der Waals surface area (Å²) in [6.07, 6.45) is 0. The highest BCUT2D eigenvalue weighted by atomic mass is 16.4. The molecule has 0 bridgehead atoms. The van der Waals surface area contributed by atoms with Crippen molar-refractivity contribution >= 4 is 5.71 Å². The molecule has 0 fully saturated rings. The van der Waals surface area contributed by atoms with Crippen molar-refractivity contribution in [2.24, 2.45) is 5.16 Å². The van der Waals surface area contributed by atoms with Crippen molar-refractivity contribution in [3.63, 3.8) is 0 Å². The third-order valence-electron chi connectivity index (χ3n) is 3.96. The lowest BCUT2D eigenvalue weighted by Gasteiger charge is -2.21. The zero-order chi connectivity index (χ0) is 17.1. The molecule has 2 rings (SSSR count). The molecule has 23 heavy (non-hydrogen) atoms. The second kappa shape index (κ2) is 6.48. The molecule has 0 amide bonds. The minimum Gasteiger partial charge on any atom is -0.508 e. The smallest absolute Gasteiger partial charge is 0.123 e. The van der Waals surface area contributed by atoms with E-state index in [2.05, 4.69) is 5.16 Å². The fourth-order valence-corrected chi connectivity index (χ4v) is 2.66. The minimum atomic E-state index is -0.455. The van der Waals surface area contributed by atoms with Crippen molar-refractivity contribution in [1.29, 1.82) is 0 Å². The SMILES string of the molecule is CC(C(=NO)C(C)c1ccc(O)cc1O)c1ccc(O)cc1O. The summed E-state index contributed by atoms with van der Waals surface area (Å²) in [5.74, 6) is -1.26. The number of phenolic OH excluding ortho intramolecular Hbond substituents is 4. The predicted molar refractivity (Wildman–Crippen MR) is 85.6 cm³/mol. The number of hydrogen-bond donors (Lipinski definition) is 5. The van der Waals surface area contributed by atoms with Gasteiger partial charge >= 0.3 is 0 Å². The molecule has 2 unspecified atom stereocenters. The van der Waals surface area contributed by atoms with Crippen LogP contribution in [0.1, 0.15) is 36.8 Å². The van der Waals surface area contributed by atoms with E-state index in [1.807, 2.05) is 0 Å². The van der Waals surface area contributed by atoms with E-state index in [0.717, 1.165) is 0 Å². The third-order valence-corrected chi connectivity index (χ3v) is 3.96. The van der Waals surface area contributed by atoms with E-state index in [1.54, 1.807) is 26.0 Å². The molecule has 6 nitrogen and oxygen atoms in total. The molecule has 0 saturated heterocycles. The van der Waals surface area contributed by atoms with E-state index in [4.69, 9.17) is 0 Å². The van der Waals surface area contributed by atoms with Crippen molar-refractivity contribution in [1.82, 2.24) is 0 Å². The maximum Gasteiger partial charge on any atom is 0.123 e. The van der Waals surface area contributed by atoms with Gasteiger partial charge in [-0.1, -0.05) is 31.1 Å². The van der Waals surface area contributed by atoms with Crippen molar-refractivity contribution in [2.45, 2.75) is 25.7 Å². The fraction of sp³-hybridized carbons (Fsp3) is 0.235. The average molecular weight is 317 g/mol. The lowest BCUT2D eigenvalue weighted by atomic mass is 9.84. The Hall–Kier alpha value is -2.89. The average Bonchev–Trinajstić information content (AvgIpc) is 2.47. The first-order valence-electron chi connectivity index (χ1n) is 7.10. The first-order chi connectivity index (χ1) is 10.8. The fourth-order valence-electron chi connectivity index (χ4n) is 2.66. The van der Waals surface area contributed by atoms with Crippen LogP contribution in [0.3, 0.4) is 0 Å². The van der Waals surface area contributed by atoms with Gasteiger partial charge in [0.2, 0.25) is 0 Å². The van der Waals surface area contributed by atoms with Gasteiger partial charge in [-0.15, -0.1) is 0 Å². The molecule has 0 saturated carbocycles. The molecule has 0 heterocycles. The molecule has 0 aromatic heterocycles. The molecule has 122 valence electrons. The highest BCUT2D eigenvalue weighted by Crippen LogP contribution is 2.36. The predicted octanol–water partition coefficient (Wildman–Crippen LogP) is 3.25. The summed E-state index contributed by atoms with van der Waals surface area (Å²) < 4.78 is 0. The highest BCUT2D eigenvalue weighted by molar-refractivity contribution is 5.96. The van der Waals surface area contributed by atoms with Gasteiger partial charge in [-0.25, -0.2) is 0 Å². The number of aromatic hydroxyl groups is 4. The van der Waals surface area contributed by atoms with Gasteiger partial charge in [0.05, 0.1) is 5.71 Å². The number of nitrogens with zero attached hydrogens (tertiary/aromatic N) is 1. The summed E-state index contributed by atoms with van der Waals surface area (Å²) >= 11 is 0. The van der Waals surface area contributed by atoms with Crippen LogP contribution in [-0.2, 0) is 0 Å². The first-order valence-corrected chi connectivity index (χ1v) is 7.10. The van der Waals surface area contributed by atoms with Crippen molar-refractivity contribution in [3.8, 4) is 23.0 Å². The first kappa shape index (κ1) is 16.5. The molecule has 0 spiro atoms. The zero-order valence-electron chi connectivity index (χ0n) is 12.8. The number of rotatable bonds is 4. The summed E-state index contributed by atoms with van der Waals surface area (Å²) in [6, 6.07) is 8.38. The highest BCUT2D eigenvalue weighted by Gasteiger charge is 2.25. The van der Waals surface area contributed by atoms with Crippen LogP contribution in [0.25, 0.3) is 0 Å². The number of phenols is 4. The molecular formula is C17H19NO5. The monoisotopic (exact) mass is 317 g/mol. The maximum atomic E-state index is 9.97. The molecule has 2 aromatic rings. The molecule has 0 aliphatic carbocycles. The Bertz CT molecular complexity index is 682. The van der Waals surface area contributed by atoms with E-state index in [1.165, 1.54) is 24.3 Å². The number of oxime groups is 1. The largest absolute Gasteiger partial charge is 0.508 e. The van der Waals surface area contributed by atoms with Crippen LogP contribution in [0.5, 0.6) is 23.0 Å². The van der Waals surface area contributed by atoms with E-state index >= 15 is 0 Å². The van der Waals surface area contributed by atoms with E-state index < -0.39 is 11.8 Å². The van der Waals surface area contributed by atoms with Gasteiger partial charge in [0.25, 0.3) is 0 Å². The van der Waals surface area contributed by atoms with E-state index in [0.29, 0.717) is 16.8 Å². The number of benzene rings is 2. The van der Waals surface area contributed by atoms with Crippen LogP contribution in [0.2, 0.25) is 0 Å². The van der Waals surface area contributed by atoms with Gasteiger partial charge in [-0.3, -0.25) is 0 Å². The van der Waals surface area contributed by atoms with Crippen LogP contribution in [-0.4, -0.2) is 31.3 Å². The molecule has 2 aromatic carbocycles. The van der Waals surface area contributed by atoms with Gasteiger partial charge in [-0.05, 0) is 12.1 Å². The molecule has 0 aliphatic rings. The molecule has 2 atom stereocenters. The lowest BCUT2D eigenvalue weighted by Crippen LogP contribution is -2.17. The van der Waals surface area contributed by atoms with Gasteiger partial charge in [-0.2, -0.15) is 0 Å². The Labute approximate surface area is 133 Å². The van der Waals surface area contributed by atoms with Crippen LogP contribution >= 0.6 is 0 Å². The lowest BCUT2D eigenvalue weighted by molar-refractivity contribution is 0.314. The summed E-state index contributed by atoms with van der Waals surface area (Å²) in [5, 5.41) is 51.4. The molecule has 0 aliphatic heterocycles. The normalized spacial score (nSPS) is 13.3.